The third kappa shape index (κ3) is 7.99. The molecule has 0 bridgehead atoms. The van der Waals surface area contributed by atoms with Crippen LogP contribution in [-0.2, 0) is 20.2 Å². The number of hydrogen-bond donors (Lipinski definition) is 0. The van der Waals surface area contributed by atoms with E-state index in [0.717, 1.165) is 37.2 Å². The molecule has 3 rings (SSSR count). The fourth-order valence-corrected chi connectivity index (χ4v) is 5.07. The molecular formula is C32H47F2N3O3. The molecule has 0 aromatic carbocycles. The van der Waals surface area contributed by atoms with Gasteiger partial charge in [0, 0.05) is 54.3 Å². The Morgan fingerprint density at radius 2 is 1.68 bits per heavy atom. The fourth-order valence-electron chi connectivity index (χ4n) is 5.07. The number of pyridine rings is 2. The maximum atomic E-state index is 14.8. The minimum Gasteiger partial charge on any atom is -0.461 e. The number of rotatable bonds is 9. The van der Waals surface area contributed by atoms with Crippen LogP contribution in [0, 0.1) is 18.3 Å². The maximum absolute atomic E-state index is 14.8. The van der Waals surface area contributed by atoms with Gasteiger partial charge in [-0.3, -0.25) is 9.97 Å². The van der Waals surface area contributed by atoms with Crippen LogP contribution in [0.3, 0.4) is 0 Å². The molecular weight excluding hydrogens is 512 g/mol. The summed E-state index contributed by atoms with van der Waals surface area (Å²) < 4.78 is 41.7. The molecule has 8 heteroatoms. The molecule has 0 radical (unpaired) electrons. The van der Waals surface area contributed by atoms with Crippen LogP contribution in [0.25, 0.3) is 11.1 Å². The summed E-state index contributed by atoms with van der Waals surface area (Å²) in [5.41, 5.74) is 2.81. The van der Waals surface area contributed by atoms with Crippen molar-refractivity contribution in [1.82, 2.24) is 9.97 Å². The highest BCUT2D eigenvalue weighted by molar-refractivity contribution is 5.87. The Balaban J connectivity index is 2.21. The van der Waals surface area contributed by atoms with Crippen LogP contribution in [0.4, 0.5) is 14.5 Å². The van der Waals surface area contributed by atoms with Gasteiger partial charge in [0.15, 0.2) is 6.10 Å². The highest BCUT2D eigenvalue weighted by Crippen LogP contribution is 2.44. The van der Waals surface area contributed by atoms with E-state index in [1.807, 2.05) is 41.5 Å². The second-order valence-electron chi connectivity index (χ2n) is 13.5. The lowest BCUT2D eigenvalue weighted by atomic mass is 9.82. The van der Waals surface area contributed by atoms with Crippen molar-refractivity contribution >= 4 is 11.7 Å². The summed E-state index contributed by atoms with van der Waals surface area (Å²) >= 11 is 0. The van der Waals surface area contributed by atoms with Gasteiger partial charge in [-0.2, -0.15) is 8.78 Å². The van der Waals surface area contributed by atoms with E-state index in [9.17, 15) is 13.6 Å². The monoisotopic (exact) mass is 559 g/mol. The largest absolute Gasteiger partial charge is 0.461 e. The topological polar surface area (TPSA) is 64.5 Å². The molecule has 1 aliphatic heterocycles. The molecule has 0 spiro atoms. The second kappa shape index (κ2) is 12.1. The predicted molar refractivity (Wildman–Crippen MR) is 156 cm³/mol. The minimum absolute atomic E-state index is 0.166. The molecule has 1 aliphatic rings. The number of carbonyl (C=O) groups excluding carboxylic acids is 1. The molecule has 40 heavy (non-hydrogen) atoms. The van der Waals surface area contributed by atoms with Crippen molar-refractivity contribution in [3.63, 3.8) is 0 Å². The lowest BCUT2D eigenvalue weighted by Crippen LogP contribution is -2.39. The zero-order valence-electron chi connectivity index (χ0n) is 25.9. The Labute approximate surface area is 238 Å². The first-order valence-electron chi connectivity index (χ1n) is 14.4. The van der Waals surface area contributed by atoms with Crippen molar-refractivity contribution < 1.29 is 23.0 Å². The third-order valence-corrected chi connectivity index (χ3v) is 7.13. The van der Waals surface area contributed by atoms with Crippen LogP contribution in [-0.4, -0.2) is 40.7 Å². The zero-order valence-corrected chi connectivity index (χ0v) is 25.9. The number of piperidine rings is 1. The van der Waals surface area contributed by atoms with Crippen LogP contribution < -0.4 is 4.90 Å². The second-order valence-corrected chi connectivity index (χ2v) is 13.5. The van der Waals surface area contributed by atoms with Gasteiger partial charge in [-0.25, -0.2) is 4.79 Å². The summed E-state index contributed by atoms with van der Waals surface area (Å²) in [6.07, 6.45) is 3.57. The van der Waals surface area contributed by atoms with Gasteiger partial charge in [0.2, 0.25) is 0 Å². The van der Waals surface area contributed by atoms with Gasteiger partial charge in [0.1, 0.15) is 5.69 Å². The number of aromatic nitrogens is 2. The van der Waals surface area contributed by atoms with E-state index in [1.54, 1.807) is 26.1 Å². The molecule has 0 N–H and O–H groups in total. The molecule has 2 aromatic rings. The number of halogens is 2. The van der Waals surface area contributed by atoms with Crippen LogP contribution in [0.2, 0.25) is 0 Å². The Hall–Kier alpha value is -2.61. The number of nitrogens with zero attached hydrogens (tertiary/aromatic N) is 3. The summed E-state index contributed by atoms with van der Waals surface area (Å²) in [5, 5.41) is 0. The summed E-state index contributed by atoms with van der Waals surface area (Å²) in [7, 11) is 0. The normalized spacial score (nSPS) is 16.9. The predicted octanol–water partition coefficient (Wildman–Crippen LogP) is 8.02. The molecule has 1 atom stereocenters. The number of esters is 1. The average Bonchev–Trinajstić information content (AvgIpc) is 2.81. The number of anilines is 1. The van der Waals surface area contributed by atoms with Crippen LogP contribution in [0.5, 0.6) is 0 Å². The lowest BCUT2D eigenvalue weighted by Gasteiger charge is -2.41. The summed E-state index contributed by atoms with van der Waals surface area (Å²) in [4.78, 5) is 24.7. The Bertz CT molecular complexity index is 1160. The van der Waals surface area contributed by atoms with E-state index >= 15 is 0 Å². The SMILES string of the molecule is Cc1ncc(-c2ccc(C(F)(F)CC(C)C)nc2)c(N2CCC(C)(C)CC2)c1C(OC(C)(C)C)C(=O)OC(C)C. The van der Waals surface area contributed by atoms with E-state index < -0.39 is 23.6 Å². The first kappa shape index (κ1) is 31.9. The molecule has 222 valence electrons. The van der Waals surface area contributed by atoms with E-state index in [2.05, 4.69) is 28.7 Å². The number of aryl methyl sites for hydroxylation is 1. The number of ether oxygens (including phenoxy) is 2. The van der Waals surface area contributed by atoms with Gasteiger partial charge in [0.25, 0.3) is 5.92 Å². The van der Waals surface area contributed by atoms with Crippen molar-refractivity contribution in [3.05, 3.63) is 41.5 Å². The molecule has 1 saturated heterocycles. The van der Waals surface area contributed by atoms with Gasteiger partial charge in [-0.05, 0) is 71.8 Å². The lowest BCUT2D eigenvalue weighted by molar-refractivity contribution is -0.171. The Morgan fingerprint density at radius 3 is 2.17 bits per heavy atom. The first-order chi connectivity index (χ1) is 18.4. The zero-order chi connectivity index (χ0) is 30.0. The van der Waals surface area contributed by atoms with Crippen LogP contribution >= 0.6 is 0 Å². The summed E-state index contributed by atoms with van der Waals surface area (Å²) in [6, 6.07) is 3.08. The highest BCUT2D eigenvalue weighted by atomic mass is 19.3. The molecule has 0 amide bonds. The number of carbonyl (C=O) groups is 1. The van der Waals surface area contributed by atoms with Crippen LogP contribution in [0.15, 0.2) is 24.5 Å². The van der Waals surface area contributed by atoms with Crippen molar-refractivity contribution in [1.29, 1.82) is 0 Å². The van der Waals surface area contributed by atoms with Crippen molar-refractivity contribution in [2.75, 3.05) is 18.0 Å². The summed E-state index contributed by atoms with van der Waals surface area (Å²) in [5.74, 6) is -3.66. The Morgan fingerprint density at radius 1 is 1.05 bits per heavy atom. The smallest absolute Gasteiger partial charge is 0.340 e. The molecule has 6 nitrogen and oxygen atoms in total. The molecule has 1 fully saturated rings. The van der Waals surface area contributed by atoms with E-state index in [4.69, 9.17) is 9.47 Å². The molecule has 0 saturated carbocycles. The number of alkyl halides is 2. The molecule has 3 heterocycles. The standard InChI is InChI=1S/C32H47F2N3O3/c1-20(2)17-32(33,34)25-12-11-23(18-36-25)24-19-35-22(5)26(27(24)37-15-13-31(9,10)14-16-37)28(40-30(6,7)8)29(38)39-21(3)4/h11-12,18-21,28H,13-17H2,1-10H3. The fraction of sp³-hybridized carbons (Fsp3) is 0.656. The number of hydrogen-bond acceptors (Lipinski definition) is 6. The van der Waals surface area contributed by atoms with Gasteiger partial charge >= 0.3 is 5.97 Å². The minimum atomic E-state index is -3.02. The first-order valence-corrected chi connectivity index (χ1v) is 14.4. The van der Waals surface area contributed by atoms with Crippen molar-refractivity contribution in [2.45, 2.75) is 112 Å². The Kier molecular flexibility index (Phi) is 9.65. The summed E-state index contributed by atoms with van der Waals surface area (Å²) in [6.45, 7) is 20.8. The maximum Gasteiger partial charge on any atom is 0.340 e. The molecule has 0 aliphatic carbocycles. The van der Waals surface area contributed by atoms with Crippen molar-refractivity contribution in [2.24, 2.45) is 11.3 Å². The van der Waals surface area contributed by atoms with Crippen molar-refractivity contribution in [3.8, 4) is 11.1 Å². The molecule has 1 unspecified atom stereocenters. The van der Waals surface area contributed by atoms with E-state index in [-0.39, 0.29) is 29.6 Å². The van der Waals surface area contributed by atoms with Gasteiger partial charge in [-0.1, -0.05) is 33.8 Å². The van der Waals surface area contributed by atoms with Gasteiger partial charge in [0.05, 0.1) is 17.4 Å². The average molecular weight is 560 g/mol. The van der Waals surface area contributed by atoms with E-state index in [1.165, 1.54) is 12.3 Å². The quantitative estimate of drug-likeness (QED) is 0.290. The van der Waals surface area contributed by atoms with Gasteiger partial charge in [-0.15, -0.1) is 0 Å². The van der Waals surface area contributed by atoms with Gasteiger partial charge < -0.3 is 14.4 Å². The van der Waals surface area contributed by atoms with E-state index in [0.29, 0.717) is 16.8 Å². The highest BCUT2D eigenvalue weighted by Gasteiger charge is 2.38. The van der Waals surface area contributed by atoms with Crippen LogP contribution in [0.1, 0.15) is 105 Å². The molecule has 2 aromatic heterocycles. The third-order valence-electron chi connectivity index (χ3n) is 7.13.